The minimum Gasteiger partial charge on any atom is -0.327 e. The van der Waals surface area contributed by atoms with Gasteiger partial charge in [0.05, 0.1) is 0 Å². The van der Waals surface area contributed by atoms with Gasteiger partial charge in [-0.25, -0.2) is 0 Å². The highest BCUT2D eigenvalue weighted by atomic mass is 32.2. The van der Waals surface area contributed by atoms with Crippen LogP contribution in [0.2, 0.25) is 0 Å². The van der Waals surface area contributed by atoms with Crippen molar-refractivity contribution in [2.75, 3.05) is 11.5 Å². The molecule has 1 unspecified atom stereocenters. The smallest absolute Gasteiger partial charge is 0.0127 e. The topological polar surface area (TPSA) is 26.0 Å². The van der Waals surface area contributed by atoms with Crippen molar-refractivity contribution in [1.82, 2.24) is 0 Å². The van der Waals surface area contributed by atoms with Crippen molar-refractivity contribution in [3.63, 3.8) is 0 Å². The Bertz CT molecular complexity index is 117. The molecule has 1 nitrogen and oxygen atoms in total. The van der Waals surface area contributed by atoms with Crippen molar-refractivity contribution >= 4 is 11.8 Å². The normalized spacial score (nSPS) is 12.5. The molecule has 0 spiro atoms. The summed E-state index contributed by atoms with van der Waals surface area (Å²) in [5, 5.41) is 0. The summed E-state index contributed by atoms with van der Waals surface area (Å²) in [4.78, 5) is 0. The van der Waals surface area contributed by atoms with E-state index in [-0.39, 0.29) is 0 Å². The van der Waals surface area contributed by atoms with Gasteiger partial charge in [-0.2, -0.15) is 11.8 Å². The molecule has 0 fully saturated rings. The second-order valence-electron chi connectivity index (χ2n) is 2.55. The van der Waals surface area contributed by atoms with Crippen LogP contribution in [0.5, 0.6) is 0 Å². The number of hydrogen-bond acceptors (Lipinski definition) is 2. The summed E-state index contributed by atoms with van der Waals surface area (Å²) < 4.78 is 0. The number of nitrogens with two attached hydrogens (primary N) is 1. The molecule has 2 heteroatoms. The fourth-order valence-electron chi connectivity index (χ4n) is 0.629. The van der Waals surface area contributed by atoms with Crippen LogP contribution in [0, 0.1) is 12.3 Å². The summed E-state index contributed by atoms with van der Waals surface area (Å²) in [6.45, 7) is 2.12. The molecular formula is C9H17NS. The number of rotatable bonds is 6. The highest BCUT2D eigenvalue weighted by molar-refractivity contribution is 7.99. The van der Waals surface area contributed by atoms with E-state index >= 15 is 0 Å². The summed E-state index contributed by atoms with van der Waals surface area (Å²) in [6, 6.07) is 0.367. The zero-order valence-corrected chi connectivity index (χ0v) is 7.99. The molecule has 0 aliphatic carbocycles. The zero-order valence-electron chi connectivity index (χ0n) is 7.18. The van der Waals surface area contributed by atoms with E-state index in [4.69, 9.17) is 12.2 Å². The molecule has 64 valence electrons. The van der Waals surface area contributed by atoms with Crippen LogP contribution in [0.4, 0.5) is 0 Å². The molecule has 0 heterocycles. The third kappa shape index (κ3) is 7.77. The molecule has 0 radical (unpaired) electrons. The molecule has 0 bridgehead atoms. The largest absolute Gasteiger partial charge is 0.327 e. The molecule has 0 saturated carbocycles. The summed E-state index contributed by atoms with van der Waals surface area (Å²) in [6.07, 6.45) is 8.20. The van der Waals surface area contributed by atoms with Crippen molar-refractivity contribution in [3.05, 3.63) is 0 Å². The SMILES string of the molecule is C#CCCCSCC(N)CC. The van der Waals surface area contributed by atoms with E-state index in [0.717, 1.165) is 30.8 Å². The van der Waals surface area contributed by atoms with Gasteiger partial charge in [-0.05, 0) is 18.6 Å². The maximum absolute atomic E-state index is 5.73. The van der Waals surface area contributed by atoms with Crippen LogP contribution < -0.4 is 5.73 Å². The van der Waals surface area contributed by atoms with Gasteiger partial charge in [0, 0.05) is 18.2 Å². The molecule has 1 atom stereocenters. The Morgan fingerprint density at radius 1 is 1.64 bits per heavy atom. The van der Waals surface area contributed by atoms with Crippen molar-refractivity contribution in [2.24, 2.45) is 5.73 Å². The van der Waals surface area contributed by atoms with E-state index in [0.29, 0.717) is 6.04 Å². The molecule has 0 aromatic carbocycles. The first kappa shape index (κ1) is 10.9. The lowest BCUT2D eigenvalue weighted by Crippen LogP contribution is -2.21. The fourth-order valence-corrected chi connectivity index (χ4v) is 1.68. The van der Waals surface area contributed by atoms with Crippen molar-refractivity contribution in [2.45, 2.75) is 32.2 Å². The van der Waals surface area contributed by atoms with Crippen LogP contribution >= 0.6 is 11.8 Å². The summed E-state index contributed by atoms with van der Waals surface area (Å²) in [5.74, 6) is 4.85. The Morgan fingerprint density at radius 3 is 2.91 bits per heavy atom. The molecule has 0 rings (SSSR count). The number of thioether (sulfide) groups is 1. The van der Waals surface area contributed by atoms with Crippen LogP contribution in [0.25, 0.3) is 0 Å². The Balaban J connectivity index is 2.97. The van der Waals surface area contributed by atoms with E-state index in [9.17, 15) is 0 Å². The van der Waals surface area contributed by atoms with Crippen molar-refractivity contribution in [1.29, 1.82) is 0 Å². The van der Waals surface area contributed by atoms with Crippen LogP contribution in [-0.2, 0) is 0 Å². The number of unbranched alkanes of at least 4 members (excludes halogenated alkanes) is 1. The molecule has 0 aliphatic rings. The lowest BCUT2D eigenvalue weighted by Gasteiger charge is -2.06. The van der Waals surface area contributed by atoms with Gasteiger partial charge in [-0.3, -0.25) is 0 Å². The van der Waals surface area contributed by atoms with Crippen LogP contribution in [0.1, 0.15) is 26.2 Å². The summed E-state index contributed by atoms with van der Waals surface area (Å²) in [5.41, 5.74) is 5.73. The number of terminal acetylenes is 1. The second-order valence-corrected chi connectivity index (χ2v) is 3.70. The Kier molecular flexibility index (Phi) is 7.88. The molecule has 0 amide bonds. The van der Waals surface area contributed by atoms with Gasteiger partial charge in [-0.1, -0.05) is 6.92 Å². The first-order chi connectivity index (χ1) is 5.31. The highest BCUT2D eigenvalue weighted by Crippen LogP contribution is 2.06. The first-order valence-corrected chi connectivity index (χ1v) is 5.23. The van der Waals surface area contributed by atoms with Crippen molar-refractivity contribution < 1.29 is 0 Å². The third-order valence-corrected chi connectivity index (χ3v) is 2.71. The first-order valence-electron chi connectivity index (χ1n) is 4.08. The fraction of sp³-hybridized carbons (Fsp3) is 0.778. The molecule has 0 aromatic rings. The molecule has 2 N–H and O–H groups in total. The van der Waals surface area contributed by atoms with Gasteiger partial charge in [0.1, 0.15) is 0 Å². The van der Waals surface area contributed by atoms with Gasteiger partial charge < -0.3 is 5.73 Å². The lowest BCUT2D eigenvalue weighted by atomic mass is 10.3. The Hall–Kier alpha value is -0.130. The van der Waals surface area contributed by atoms with Crippen molar-refractivity contribution in [3.8, 4) is 12.3 Å². The standard InChI is InChI=1S/C9H17NS/c1-3-5-6-7-11-8-9(10)4-2/h1,9H,4-8,10H2,2H3. The Labute approximate surface area is 74.1 Å². The lowest BCUT2D eigenvalue weighted by molar-refractivity contribution is 0.724. The van der Waals surface area contributed by atoms with E-state index in [1.807, 2.05) is 11.8 Å². The van der Waals surface area contributed by atoms with Gasteiger partial charge in [0.25, 0.3) is 0 Å². The maximum Gasteiger partial charge on any atom is 0.0127 e. The van der Waals surface area contributed by atoms with Gasteiger partial charge in [0.15, 0.2) is 0 Å². The third-order valence-electron chi connectivity index (χ3n) is 1.47. The van der Waals surface area contributed by atoms with E-state index < -0.39 is 0 Å². The Morgan fingerprint density at radius 2 is 2.36 bits per heavy atom. The van der Waals surface area contributed by atoms with Crippen LogP contribution in [0.15, 0.2) is 0 Å². The van der Waals surface area contributed by atoms with E-state index in [2.05, 4.69) is 12.8 Å². The summed E-state index contributed by atoms with van der Waals surface area (Å²) in [7, 11) is 0. The van der Waals surface area contributed by atoms with E-state index in [1.165, 1.54) is 0 Å². The van der Waals surface area contributed by atoms with E-state index in [1.54, 1.807) is 0 Å². The quantitative estimate of drug-likeness (QED) is 0.488. The number of hydrogen-bond donors (Lipinski definition) is 1. The minimum absolute atomic E-state index is 0.367. The van der Waals surface area contributed by atoms with Crippen LogP contribution in [0.3, 0.4) is 0 Å². The monoisotopic (exact) mass is 171 g/mol. The minimum atomic E-state index is 0.367. The van der Waals surface area contributed by atoms with Gasteiger partial charge >= 0.3 is 0 Å². The predicted octanol–water partition coefficient (Wildman–Crippen LogP) is 1.87. The van der Waals surface area contributed by atoms with Gasteiger partial charge in [0.2, 0.25) is 0 Å². The average Bonchev–Trinajstić information content (AvgIpc) is 2.04. The molecule has 0 aliphatic heterocycles. The molecule has 11 heavy (non-hydrogen) atoms. The average molecular weight is 171 g/mol. The van der Waals surface area contributed by atoms with Crippen LogP contribution in [-0.4, -0.2) is 17.5 Å². The molecule has 0 saturated heterocycles. The molecule has 0 aromatic heterocycles. The summed E-state index contributed by atoms with van der Waals surface area (Å²) >= 11 is 1.91. The maximum atomic E-state index is 5.73. The zero-order chi connectivity index (χ0) is 8.53. The highest BCUT2D eigenvalue weighted by Gasteiger charge is 1.97. The van der Waals surface area contributed by atoms with Gasteiger partial charge in [-0.15, -0.1) is 12.3 Å². The predicted molar refractivity (Wildman–Crippen MR) is 53.7 cm³/mol. The molecular weight excluding hydrogens is 154 g/mol. The second kappa shape index (κ2) is 7.97.